The van der Waals surface area contributed by atoms with Gasteiger partial charge in [-0.05, 0) is 48.9 Å². The fraction of sp³-hybridized carbons (Fsp3) is 0.167. The van der Waals surface area contributed by atoms with E-state index in [1.807, 2.05) is 0 Å². The Bertz CT molecular complexity index is 1570. The summed E-state index contributed by atoms with van der Waals surface area (Å²) in [7, 11) is -1.08. The highest BCUT2D eigenvalue weighted by Gasteiger charge is 2.23. The summed E-state index contributed by atoms with van der Waals surface area (Å²) >= 11 is 0.877. The second-order valence-corrected chi connectivity index (χ2v) is 10.5. The molecule has 0 unspecified atom stereocenters. The number of aromatic nitrogens is 1. The van der Waals surface area contributed by atoms with Gasteiger partial charge in [-0.2, -0.15) is 0 Å². The van der Waals surface area contributed by atoms with E-state index in [0.717, 1.165) is 17.4 Å². The molecule has 36 heavy (non-hydrogen) atoms. The molecular weight excluding hydrogens is 509 g/mol. The Morgan fingerprint density at radius 1 is 1.06 bits per heavy atom. The number of amides is 1. The molecule has 12 heteroatoms. The number of benzene rings is 2. The highest BCUT2D eigenvalue weighted by Crippen LogP contribution is 2.39. The molecule has 0 spiro atoms. The lowest BCUT2D eigenvalue weighted by atomic mass is 10.1. The minimum absolute atomic E-state index is 0.0291. The number of aryl methyl sites for hydroxylation is 1. The number of hydrogen-bond acceptors (Lipinski definition) is 8. The summed E-state index contributed by atoms with van der Waals surface area (Å²) in [4.78, 5) is 15.6. The largest absolute Gasteiger partial charge is 0.493 e. The van der Waals surface area contributed by atoms with Crippen molar-refractivity contribution < 1.29 is 31.8 Å². The molecule has 0 aliphatic carbocycles. The Kier molecular flexibility index (Phi) is 7.00. The van der Waals surface area contributed by atoms with E-state index in [9.17, 15) is 17.6 Å². The van der Waals surface area contributed by atoms with Crippen LogP contribution in [0.2, 0.25) is 0 Å². The molecule has 4 aromatic rings. The fourth-order valence-electron chi connectivity index (χ4n) is 3.52. The van der Waals surface area contributed by atoms with Gasteiger partial charge < -0.3 is 19.5 Å². The summed E-state index contributed by atoms with van der Waals surface area (Å²) in [6.45, 7) is 2.91. The number of pyridine rings is 1. The zero-order valence-corrected chi connectivity index (χ0v) is 21.3. The van der Waals surface area contributed by atoms with Crippen LogP contribution in [0.25, 0.3) is 10.9 Å². The third-order valence-corrected chi connectivity index (χ3v) is 8.20. The number of methoxy groups -OCH3 is 2. The summed E-state index contributed by atoms with van der Waals surface area (Å²) in [6, 6.07) is 10.4. The molecule has 0 saturated heterocycles. The summed E-state index contributed by atoms with van der Waals surface area (Å²) < 4.78 is 59.5. The molecule has 2 N–H and O–H groups in total. The van der Waals surface area contributed by atoms with Gasteiger partial charge in [0.25, 0.3) is 10.0 Å². The average molecular weight is 532 g/mol. The number of rotatable bonds is 8. The van der Waals surface area contributed by atoms with Crippen molar-refractivity contribution in [2.75, 3.05) is 24.3 Å². The molecule has 0 saturated carbocycles. The maximum Gasteiger partial charge on any atom is 0.271 e. The zero-order valence-electron chi connectivity index (χ0n) is 19.7. The van der Waals surface area contributed by atoms with E-state index in [-0.39, 0.29) is 21.6 Å². The standard InChI is InChI=1S/C24H22FN3O6S2/c1-13-11-21(27-14(2)29)35-24(13)36(30,31)28-18-7-5-15(12-17(18)25)34-19-9-10-26-22-16(19)6-8-20(32-3)23(22)33-4/h5-12,28H,1-4H3,(H,27,29). The number of carbonyl (C=O) groups is 1. The summed E-state index contributed by atoms with van der Waals surface area (Å²) in [6.07, 6.45) is 1.52. The number of halogens is 1. The third kappa shape index (κ3) is 5.04. The van der Waals surface area contributed by atoms with Crippen molar-refractivity contribution in [2.24, 2.45) is 0 Å². The fourth-order valence-corrected chi connectivity index (χ4v) is 6.24. The van der Waals surface area contributed by atoms with Crippen LogP contribution in [-0.4, -0.2) is 33.5 Å². The quantitative estimate of drug-likeness (QED) is 0.316. The predicted octanol–water partition coefficient (Wildman–Crippen LogP) is 5.31. The van der Waals surface area contributed by atoms with Crippen molar-refractivity contribution >= 4 is 48.9 Å². The number of ether oxygens (including phenoxy) is 3. The molecular formula is C24H22FN3O6S2. The van der Waals surface area contributed by atoms with Crippen LogP contribution < -0.4 is 24.2 Å². The number of hydrogen-bond donors (Lipinski definition) is 2. The van der Waals surface area contributed by atoms with Crippen LogP contribution in [0.15, 0.2) is 52.9 Å². The van der Waals surface area contributed by atoms with Gasteiger partial charge in [-0.1, -0.05) is 0 Å². The zero-order chi connectivity index (χ0) is 26.0. The van der Waals surface area contributed by atoms with Crippen LogP contribution in [0.4, 0.5) is 15.1 Å². The van der Waals surface area contributed by atoms with Crippen molar-refractivity contribution in [3.05, 3.63) is 60.0 Å². The minimum atomic E-state index is -4.09. The van der Waals surface area contributed by atoms with E-state index in [1.54, 1.807) is 25.1 Å². The SMILES string of the molecule is COc1ccc2c(Oc3ccc(NS(=O)(=O)c4sc(NC(C)=O)cc4C)c(F)c3)ccnc2c1OC. The molecule has 2 heterocycles. The number of thiophene rings is 1. The van der Waals surface area contributed by atoms with E-state index in [4.69, 9.17) is 14.2 Å². The van der Waals surface area contributed by atoms with Crippen molar-refractivity contribution in [2.45, 2.75) is 18.1 Å². The Morgan fingerprint density at radius 2 is 1.83 bits per heavy atom. The highest BCUT2D eigenvalue weighted by molar-refractivity contribution is 7.94. The Hall–Kier alpha value is -3.90. The van der Waals surface area contributed by atoms with Gasteiger partial charge in [0.15, 0.2) is 17.3 Å². The monoisotopic (exact) mass is 531 g/mol. The van der Waals surface area contributed by atoms with Crippen LogP contribution in [0, 0.1) is 12.7 Å². The van der Waals surface area contributed by atoms with Crippen LogP contribution in [-0.2, 0) is 14.8 Å². The van der Waals surface area contributed by atoms with Crippen molar-refractivity contribution in [1.29, 1.82) is 0 Å². The van der Waals surface area contributed by atoms with Gasteiger partial charge in [0, 0.05) is 24.6 Å². The molecule has 188 valence electrons. The molecule has 1 amide bonds. The second-order valence-electron chi connectivity index (χ2n) is 7.62. The molecule has 2 aromatic heterocycles. The number of nitrogens with one attached hydrogen (secondary N) is 2. The lowest BCUT2D eigenvalue weighted by Gasteiger charge is -2.14. The van der Waals surface area contributed by atoms with E-state index in [0.29, 0.717) is 38.7 Å². The predicted molar refractivity (Wildman–Crippen MR) is 135 cm³/mol. The van der Waals surface area contributed by atoms with E-state index >= 15 is 0 Å². The van der Waals surface area contributed by atoms with Gasteiger partial charge in [0.1, 0.15) is 21.2 Å². The van der Waals surface area contributed by atoms with Gasteiger partial charge in [0.2, 0.25) is 5.91 Å². The van der Waals surface area contributed by atoms with Crippen LogP contribution >= 0.6 is 11.3 Å². The molecule has 2 aromatic carbocycles. The van der Waals surface area contributed by atoms with Crippen LogP contribution in [0.3, 0.4) is 0 Å². The molecule has 0 bridgehead atoms. The molecule has 0 aliphatic heterocycles. The van der Waals surface area contributed by atoms with Crippen LogP contribution in [0.5, 0.6) is 23.0 Å². The minimum Gasteiger partial charge on any atom is -0.493 e. The van der Waals surface area contributed by atoms with E-state index < -0.39 is 15.8 Å². The van der Waals surface area contributed by atoms with Gasteiger partial charge in [-0.3, -0.25) is 14.5 Å². The van der Waals surface area contributed by atoms with E-state index in [1.165, 1.54) is 45.5 Å². The van der Waals surface area contributed by atoms with Crippen LogP contribution in [0.1, 0.15) is 12.5 Å². The molecule has 9 nitrogen and oxygen atoms in total. The maximum atomic E-state index is 14.9. The first-order chi connectivity index (χ1) is 17.1. The van der Waals surface area contributed by atoms with E-state index in [2.05, 4.69) is 15.0 Å². The smallest absolute Gasteiger partial charge is 0.271 e. The van der Waals surface area contributed by atoms with Gasteiger partial charge in [-0.25, -0.2) is 12.8 Å². The topological polar surface area (TPSA) is 116 Å². The normalized spacial score (nSPS) is 11.2. The molecule has 0 atom stereocenters. The third-order valence-electron chi connectivity index (χ3n) is 5.04. The number of fused-ring (bicyclic) bond motifs is 1. The van der Waals surface area contributed by atoms with Crippen molar-refractivity contribution in [3.63, 3.8) is 0 Å². The first-order valence-electron chi connectivity index (χ1n) is 10.5. The number of nitrogens with zero attached hydrogens (tertiary/aromatic N) is 1. The molecule has 0 aliphatic rings. The lowest BCUT2D eigenvalue weighted by molar-refractivity contribution is -0.114. The Labute approximate surface area is 210 Å². The van der Waals surface area contributed by atoms with Crippen molar-refractivity contribution in [3.8, 4) is 23.0 Å². The molecule has 0 radical (unpaired) electrons. The van der Waals surface area contributed by atoms with Gasteiger partial charge in [-0.15, -0.1) is 11.3 Å². The number of sulfonamides is 1. The average Bonchev–Trinajstić information content (AvgIpc) is 3.20. The highest BCUT2D eigenvalue weighted by atomic mass is 32.2. The lowest BCUT2D eigenvalue weighted by Crippen LogP contribution is -2.13. The Balaban J connectivity index is 1.60. The second kappa shape index (κ2) is 9.99. The summed E-state index contributed by atoms with van der Waals surface area (Å²) in [5, 5.41) is 3.54. The van der Waals surface area contributed by atoms with Gasteiger partial charge >= 0.3 is 0 Å². The van der Waals surface area contributed by atoms with Crippen molar-refractivity contribution in [1.82, 2.24) is 4.98 Å². The number of carbonyl (C=O) groups excluding carboxylic acids is 1. The number of anilines is 2. The first kappa shape index (κ1) is 25.2. The summed E-state index contributed by atoms with van der Waals surface area (Å²) in [5.74, 6) is 0.329. The van der Waals surface area contributed by atoms with Gasteiger partial charge in [0.05, 0.1) is 24.9 Å². The first-order valence-corrected chi connectivity index (χ1v) is 12.8. The molecule has 4 rings (SSSR count). The Morgan fingerprint density at radius 3 is 2.50 bits per heavy atom. The molecule has 0 fully saturated rings. The maximum absolute atomic E-state index is 14.9. The summed E-state index contributed by atoms with van der Waals surface area (Å²) in [5.41, 5.74) is 0.680.